The van der Waals surface area contributed by atoms with Crippen molar-refractivity contribution >= 4 is 28.4 Å². The number of ketones is 1. The van der Waals surface area contributed by atoms with Gasteiger partial charge in [-0.15, -0.1) is 0 Å². The molecule has 0 spiro atoms. The zero-order valence-electron chi connectivity index (χ0n) is 12.9. The zero-order chi connectivity index (χ0) is 16.4. The average molecular weight is 324 g/mol. The van der Waals surface area contributed by atoms with Crippen molar-refractivity contribution in [2.45, 2.75) is 17.3 Å². The van der Waals surface area contributed by atoms with Gasteiger partial charge in [0.1, 0.15) is 0 Å². The van der Waals surface area contributed by atoms with Crippen molar-refractivity contribution < 1.29 is 4.79 Å². The molecule has 0 saturated carbocycles. The predicted octanol–water partition coefficient (Wildman–Crippen LogP) is 3.30. The minimum absolute atomic E-state index is 0.0259. The first kappa shape index (κ1) is 15.5. The highest BCUT2D eigenvalue weighted by Crippen LogP contribution is 2.24. The van der Waals surface area contributed by atoms with Crippen molar-refractivity contribution in [2.75, 3.05) is 0 Å². The number of nitrogens with zero attached hydrogens (tertiary/aromatic N) is 2. The molecule has 4 nitrogen and oxygen atoms in total. The van der Waals surface area contributed by atoms with Crippen LogP contribution in [-0.2, 0) is 7.05 Å². The number of benzene rings is 2. The summed E-state index contributed by atoms with van der Waals surface area (Å²) in [6.45, 7) is 1.83. The van der Waals surface area contributed by atoms with E-state index < -0.39 is 0 Å². The van der Waals surface area contributed by atoms with Gasteiger partial charge in [-0.1, -0.05) is 54.2 Å². The summed E-state index contributed by atoms with van der Waals surface area (Å²) in [5.74, 6) is 0.0259. The van der Waals surface area contributed by atoms with E-state index in [1.165, 1.54) is 16.3 Å². The average Bonchev–Trinajstić information content (AvgIpc) is 2.59. The lowest BCUT2D eigenvalue weighted by molar-refractivity contribution is 0.0994. The molecule has 3 rings (SSSR count). The maximum absolute atomic E-state index is 12.5. The molecule has 2 aromatic carbocycles. The molecule has 1 aromatic heterocycles. The van der Waals surface area contributed by atoms with Crippen LogP contribution in [0.15, 0.2) is 64.5 Å². The lowest BCUT2D eigenvalue weighted by atomic mass is 10.1. The van der Waals surface area contributed by atoms with Crippen molar-refractivity contribution in [1.82, 2.24) is 9.55 Å². The van der Waals surface area contributed by atoms with E-state index in [0.717, 1.165) is 0 Å². The Morgan fingerprint density at radius 1 is 1.09 bits per heavy atom. The van der Waals surface area contributed by atoms with Crippen molar-refractivity contribution in [2.24, 2.45) is 7.05 Å². The van der Waals surface area contributed by atoms with E-state index in [-0.39, 0.29) is 16.6 Å². The third-order valence-corrected chi connectivity index (χ3v) is 4.80. The fraction of sp³-hybridized carbons (Fsp3) is 0.167. The standard InChI is InChI=1S/C18H16N2O2S/c1-12(16(21)13-8-4-3-5-9-13)23-18-19-15-11-7-6-10-14(15)17(22)20(18)2/h3-12H,1-2H3. The summed E-state index contributed by atoms with van der Waals surface area (Å²) in [4.78, 5) is 29.4. The topological polar surface area (TPSA) is 52.0 Å². The Kier molecular flexibility index (Phi) is 4.30. The van der Waals surface area contributed by atoms with Gasteiger partial charge in [0, 0.05) is 12.6 Å². The maximum atomic E-state index is 12.5. The number of fused-ring (bicyclic) bond motifs is 1. The third-order valence-electron chi connectivity index (χ3n) is 3.65. The molecule has 0 saturated heterocycles. The van der Waals surface area contributed by atoms with Gasteiger partial charge in [0.2, 0.25) is 0 Å². The zero-order valence-corrected chi connectivity index (χ0v) is 13.7. The van der Waals surface area contributed by atoms with Gasteiger partial charge in [0.15, 0.2) is 10.9 Å². The predicted molar refractivity (Wildman–Crippen MR) is 93.1 cm³/mol. The first-order valence-electron chi connectivity index (χ1n) is 7.29. The highest BCUT2D eigenvalue weighted by Gasteiger charge is 2.19. The second kappa shape index (κ2) is 6.38. The summed E-state index contributed by atoms with van der Waals surface area (Å²) in [7, 11) is 1.68. The first-order chi connectivity index (χ1) is 11.1. The van der Waals surface area contributed by atoms with Gasteiger partial charge in [0.25, 0.3) is 5.56 Å². The number of hydrogen-bond acceptors (Lipinski definition) is 4. The maximum Gasteiger partial charge on any atom is 0.261 e. The summed E-state index contributed by atoms with van der Waals surface area (Å²) in [6.07, 6.45) is 0. The Balaban J connectivity index is 1.94. The molecule has 5 heteroatoms. The van der Waals surface area contributed by atoms with Crippen molar-refractivity contribution in [1.29, 1.82) is 0 Å². The van der Waals surface area contributed by atoms with Crippen LogP contribution in [0.5, 0.6) is 0 Å². The third kappa shape index (κ3) is 3.05. The fourth-order valence-corrected chi connectivity index (χ4v) is 3.30. The quantitative estimate of drug-likeness (QED) is 0.420. The number of rotatable bonds is 4. The van der Waals surface area contributed by atoms with Crippen LogP contribution < -0.4 is 5.56 Å². The normalized spacial score (nSPS) is 12.3. The van der Waals surface area contributed by atoms with Crippen LogP contribution in [0, 0.1) is 0 Å². The van der Waals surface area contributed by atoms with Crippen LogP contribution in [0.2, 0.25) is 0 Å². The number of Topliss-reactive ketones (excluding diaryl/α,β-unsaturated/α-hetero) is 1. The van der Waals surface area contributed by atoms with Crippen molar-refractivity contribution in [3.05, 3.63) is 70.5 Å². The van der Waals surface area contributed by atoms with Gasteiger partial charge in [-0.05, 0) is 19.1 Å². The molecule has 1 unspecified atom stereocenters. The van der Waals surface area contributed by atoms with Gasteiger partial charge in [-0.2, -0.15) is 0 Å². The Hall–Kier alpha value is -2.40. The van der Waals surface area contributed by atoms with E-state index in [1.807, 2.05) is 43.3 Å². The Morgan fingerprint density at radius 3 is 2.48 bits per heavy atom. The van der Waals surface area contributed by atoms with Crippen LogP contribution in [0.4, 0.5) is 0 Å². The van der Waals surface area contributed by atoms with Gasteiger partial charge in [-0.25, -0.2) is 4.98 Å². The van der Waals surface area contributed by atoms with Crippen LogP contribution >= 0.6 is 11.8 Å². The molecule has 1 heterocycles. The first-order valence-corrected chi connectivity index (χ1v) is 8.17. The molecule has 3 aromatic rings. The Bertz CT molecular complexity index is 919. The number of hydrogen-bond donors (Lipinski definition) is 0. The summed E-state index contributed by atoms with van der Waals surface area (Å²) < 4.78 is 1.50. The lowest BCUT2D eigenvalue weighted by Gasteiger charge is -2.13. The summed E-state index contributed by atoms with van der Waals surface area (Å²) in [6, 6.07) is 16.4. The van der Waals surface area contributed by atoms with Gasteiger partial charge in [0.05, 0.1) is 16.2 Å². The smallest absolute Gasteiger partial charge is 0.261 e. The highest BCUT2D eigenvalue weighted by molar-refractivity contribution is 8.00. The number of para-hydroxylation sites is 1. The Labute approximate surface area is 138 Å². The minimum atomic E-state index is -0.323. The molecule has 0 N–H and O–H groups in total. The van der Waals surface area contributed by atoms with Crippen LogP contribution in [-0.4, -0.2) is 20.6 Å². The second-order valence-corrected chi connectivity index (χ2v) is 6.57. The van der Waals surface area contributed by atoms with E-state index in [4.69, 9.17) is 0 Å². The molecule has 0 aliphatic rings. The summed E-state index contributed by atoms with van der Waals surface area (Å²) in [5, 5.41) is 0.809. The molecule has 0 radical (unpaired) electrons. The van der Waals surface area contributed by atoms with E-state index in [9.17, 15) is 9.59 Å². The van der Waals surface area contributed by atoms with E-state index in [2.05, 4.69) is 4.98 Å². The molecule has 116 valence electrons. The van der Waals surface area contributed by atoms with Gasteiger partial charge < -0.3 is 0 Å². The van der Waals surface area contributed by atoms with Crippen LogP contribution in [0.1, 0.15) is 17.3 Å². The molecule has 23 heavy (non-hydrogen) atoms. The van der Waals surface area contributed by atoms with E-state index in [1.54, 1.807) is 25.2 Å². The number of carbonyl (C=O) groups excluding carboxylic acids is 1. The highest BCUT2D eigenvalue weighted by atomic mass is 32.2. The summed E-state index contributed by atoms with van der Waals surface area (Å²) in [5.41, 5.74) is 1.22. The minimum Gasteiger partial charge on any atom is -0.293 e. The van der Waals surface area contributed by atoms with E-state index >= 15 is 0 Å². The molecule has 0 aliphatic heterocycles. The molecular weight excluding hydrogens is 308 g/mol. The molecule has 0 aliphatic carbocycles. The summed E-state index contributed by atoms with van der Waals surface area (Å²) >= 11 is 1.30. The van der Waals surface area contributed by atoms with Crippen LogP contribution in [0.3, 0.4) is 0 Å². The van der Waals surface area contributed by atoms with Crippen molar-refractivity contribution in [3.8, 4) is 0 Å². The molecule has 0 bridgehead atoms. The van der Waals surface area contributed by atoms with Crippen molar-refractivity contribution in [3.63, 3.8) is 0 Å². The van der Waals surface area contributed by atoms with Gasteiger partial charge >= 0.3 is 0 Å². The Morgan fingerprint density at radius 2 is 1.74 bits per heavy atom. The SMILES string of the molecule is CC(Sc1nc2ccccc2c(=O)n1C)C(=O)c1ccccc1. The molecule has 0 fully saturated rings. The largest absolute Gasteiger partial charge is 0.293 e. The second-order valence-electron chi connectivity index (χ2n) is 5.27. The number of thioether (sulfide) groups is 1. The number of carbonyl (C=O) groups is 1. The number of aromatic nitrogens is 2. The molecule has 0 amide bonds. The van der Waals surface area contributed by atoms with Gasteiger partial charge in [-0.3, -0.25) is 14.2 Å². The molecular formula is C18H16N2O2S. The lowest BCUT2D eigenvalue weighted by Crippen LogP contribution is -2.22. The fourth-order valence-electron chi connectivity index (χ4n) is 2.35. The van der Waals surface area contributed by atoms with Crippen LogP contribution in [0.25, 0.3) is 10.9 Å². The molecule has 1 atom stereocenters. The monoisotopic (exact) mass is 324 g/mol. The van der Waals surface area contributed by atoms with E-state index in [0.29, 0.717) is 21.6 Å².